The number of halogens is 3. The van der Waals surface area contributed by atoms with E-state index in [-0.39, 0.29) is 13.2 Å². The summed E-state index contributed by atoms with van der Waals surface area (Å²) < 4.78 is 15.0. The van der Waals surface area contributed by atoms with E-state index in [0.29, 0.717) is 17.2 Å². The molecule has 6 rings (SSSR count). The summed E-state index contributed by atoms with van der Waals surface area (Å²) >= 11 is 10.1. The molecule has 0 amide bonds. The van der Waals surface area contributed by atoms with Gasteiger partial charge in [0.25, 0.3) is 0 Å². The number of rotatable bonds is 5. The van der Waals surface area contributed by atoms with Gasteiger partial charge in [-0.1, -0.05) is 44.0 Å². The van der Waals surface area contributed by atoms with Crippen LogP contribution in [0, 0.1) is 0 Å². The Hall–Kier alpha value is -3.16. The molecule has 0 fully saturated rings. The summed E-state index contributed by atoms with van der Waals surface area (Å²) in [4.78, 5) is 12.5. The summed E-state index contributed by atoms with van der Waals surface area (Å²) in [5.74, 6) is 2.30. The molecule has 0 bridgehead atoms. The minimum absolute atomic E-state index is 0.000556. The zero-order valence-electron chi connectivity index (χ0n) is 22.1. The van der Waals surface area contributed by atoms with E-state index in [2.05, 4.69) is 73.9 Å². The topological polar surface area (TPSA) is 115 Å². The monoisotopic (exact) mass is 745 g/mol. The summed E-state index contributed by atoms with van der Waals surface area (Å²) in [6.07, 6.45) is 3.61. The van der Waals surface area contributed by atoms with Gasteiger partial charge in [-0.05, 0) is 70.0 Å². The van der Waals surface area contributed by atoms with Crippen molar-refractivity contribution in [3.63, 3.8) is 0 Å². The maximum atomic E-state index is 9.18. The van der Waals surface area contributed by atoms with Gasteiger partial charge in [0, 0.05) is 20.7 Å². The van der Waals surface area contributed by atoms with Crippen molar-refractivity contribution in [3.8, 4) is 17.3 Å². The number of methoxy groups -OCH3 is 2. The summed E-state index contributed by atoms with van der Waals surface area (Å²) in [7, 11) is 3.30. The number of aliphatic hydroxyl groups excluding tert-OH is 2. The molecule has 0 atom stereocenters. The zero-order valence-corrected chi connectivity index (χ0v) is 26.9. The zero-order chi connectivity index (χ0) is 29.4. The van der Waals surface area contributed by atoms with E-state index in [0.717, 1.165) is 48.1 Å². The Kier molecular flexibility index (Phi) is 11.0. The lowest BCUT2D eigenvalue weighted by Gasteiger charge is -2.06. The van der Waals surface area contributed by atoms with Crippen molar-refractivity contribution < 1.29 is 19.7 Å². The van der Waals surface area contributed by atoms with Crippen molar-refractivity contribution in [3.05, 3.63) is 103 Å². The minimum Gasteiger partial charge on any atom is -0.496 e. The number of aliphatic imine (C=N–C) groups is 1. The van der Waals surface area contributed by atoms with Crippen LogP contribution >= 0.6 is 47.8 Å². The molecule has 41 heavy (non-hydrogen) atoms. The van der Waals surface area contributed by atoms with Gasteiger partial charge in [0.1, 0.15) is 16.1 Å². The Morgan fingerprint density at radius 3 is 2.15 bits per heavy atom. The third-order valence-electron chi connectivity index (χ3n) is 5.84. The minimum atomic E-state index is -0.0972. The van der Waals surface area contributed by atoms with E-state index in [1.54, 1.807) is 37.2 Å². The molecule has 12 heteroatoms. The largest absolute Gasteiger partial charge is 0.496 e. The quantitative estimate of drug-likeness (QED) is 0.200. The van der Waals surface area contributed by atoms with Gasteiger partial charge >= 0.3 is 0 Å². The van der Waals surface area contributed by atoms with Crippen molar-refractivity contribution >= 4 is 64.9 Å². The number of nitrogens with zero attached hydrogens (tertiary/aromatic N) is 5. The van der Waals surface area contributed by atoms with Gasteiger partial charge in [-0.25, -0.2) is 14.6 Å². The van der Waals surface area contributed by atoms with Crippen LogP contribution in [0.2, 0.25) is 0 Å². The molecule has 9 nitrogen and oxygen atoms in total. The van der Waals surface area contributed by atoms with Crippen LogP contribution in [0.4, 0.5) is 0 Å². The maximum Gasteiger partial charge on any atom is 0.154 e. The van der Waals surface area contributed by atoms with Crippen LogP contribution < -0.4 is 9.47 Å². The van der Waals surface area contributed by atoms with Crippen molar-refractivity contribution in [1.82, 2.24) is 19.7 Å². The number of ether oxygens (including phenoxy) is 2. The molecule has 0 saturated heterocycles. The van der Waals surface area contributed by atoms with Crippen LogP contribution in [0.15, 0.2) is 85.4 Å². The van der Waals surface area contributed by atoms with Crippen LogP contribution in [0.1, 0.15) is 22.5 Å². The Morgan fingerprint density at radius 1 is 0.829 bits per heavy atom. The first kappa shape index (κ1) is 30.8. The van der Waals surface area contributed by atoms with Crippen LogP contribution in [-0.2, 0) is 19.8 Å². The number of aliphatic hydroxyl groups is 2. The van der Waals surface area contributed by atoms with Crippen molar-refractivity contribution in [2.24, 2.45) is 4.99 Å². The van der Waals surface area contributed by atoms with Gasteiger partial charge in [0.2, 0.25) is 0 Å². The molecule has 5 aromatic rings. The second-order valence-electron chi connectivity index (χ2n) is 8.50. The van der Waals surface area contributed by atoms with Gasteiger partial charge in [-0.15, -0.1) is 0 Å². The van der Waals surface area contributed by atoms with Crippen LogP contribution in [-0.4, -0.2) is 50.4 Å². The van der Waals surface area contributed by atoms with Crippen molar-refractivity contribution in [1.29, 1.82) is 0 Å². The van der Waals surface area contributed by atoms with Gasteiger partial charge in [-0.2, -0.15) is 5.10 Å². The van der Waals surface area contributed by atoms with E-state index in [4.69, 9.17) is 14.6 Å². The van der Waals surface area contributed by atoms with E-state index in [1.165, 1.54) is 5.56 Å². The number of hydrogen-bond acceptors (Lipinski definition) is 8. The van der Waals surface area contributed by atoms with E-state index >= 15 is 0 Å². The second-order valence-corrected chi connectivity index (χ2v) is 11.1. The predicted molar refractivity (Wildman–Crippen MR) is 169 cm³/mol. The van der Waals surface area contributed by atoms with Gasteiger partial charge in [0.05, 0.1) is 62.5 Å². The normalized spacial score (nSPS) is 11.3. The fourth-order valence-electron chi connectivity index (χ4n) is 3.95. The third-order valence-corrected chi connectivity index (χ3v) is 7.19. The molecule has 0 saturated carbocycles. The fourth-order valence-corrected chi connectivity index (χ4v) is 5.24. The summed E-state index contributed by atoms with van der Waals surface area (Å²) in [6.45, 7) is 0.671. The van der Waals surface area contributed by atoms with Crippen molar-refractivity contribution in [2.45, 2.75) is 19.8 Å². The predicted octanol–water partition coefficient (Wildman–Crippen LogP) is 6.41. The standard InChI is InChI=1S/C14H12BrN3O2.C9H8BrNO.C6H6BrNO/c1-20-13-6-9(15)5-12-11(13)7-16-18(12)14-4-2-3-10(8-19)17-14;1-12-9-3-7(10)2-6-4-11-5-8(6)9;7-6-3-1-2-5(4-9)8-6/h2-7,19H,8H2,1H3;2-3,5H,4H2,1H3;1-3,9H,4H2. The van der Waals surface area contributed by atoms with Crippen LogP contribution in [0.3, 0.4) is 0 Å². The molecule has 1 aliphatic rings. The maximum absolute atomic E-state index is 9.18. The molecule has 212 valence electrons. The summed E-state index contributed by atoms with van der Waals surface area (Å²) in [5, 5.41) is 23.0. The first-order chi connectivity index (χ1) is 19.9. The van der Waals surface area contributed by atoms with Crippen molar-refractivity contribution in [2.75, 3.05) is 14.2 Å². The molecule has 0 aliphatic carbocycles. The van der Waals surface area contributed by atoms with Gasteiger partial charge in [0.15, 0.2) is 5.82 Å². The van der Waals surface area contributed by atoms with E-state index in [1.807, 2.05) is 48.7 Å². The molecule has 2 aromatic carbocycles. The van der Waals surface area contributed by atoms with E-state index in [9.17, 15) is 5.11 Å². The molecule has 0 spiro atoms. The molecular weight excluding hydrogens is 722 g/mol. The smallest absolute Gasteiger partial charge is 0.154 e. The highest BCUT2D eigenvalue weighted by Crippen LogP contribution is 2.31. The number of pyridine rings is 2. The lowest BCUT2D eigenvalue weighted by Crippen LogP contribution is -2.01. The molecule has 3 aromatic heterocycles. The van der Waals surface area contributed by atoms with Crippen LogP contribution in [0.5, 0.6) is 11.5 Å². The van der Waals surface area contributed by atoms with Gasteiger partial charge < -0.3 is 19.7 Å². The number of hydrogen-bond donors (Lipinski definition) is 2. The number of fused-ring (bicyclic) bond motifs is 2. The highest BCUT2D eigenvalue weighted by atomic mass is 79.9. The molecule has 0 unspecified atom stereocenters. The molecule has 4 heterocycles. The van der Waals surface area contributed by atoms with Crippen LogP contribution in [0.25, 0.3) is 16.7 Å². The summed E-state index contributed by atoms with van der Waals surface area (Å²) in [5.41, 5.74) is 4.51. The Bertz CT molecular complexity index is 1680. The Labute approximate surface area is 262 Å². The number of benzene rings is 2. The molecule has 2 N–H and O–H groups in total. The fraction of sp³-hybridized carbons (Fsp3) is 0.172. The third kappa shape index (κ3) is 7.77. The molecular formula is C29H26Br3N5O4. The number of aromatic nitrogens is 4. The van der Waals surface area contributed by atoms with E-state index < -0.39 is 0 Å². The molecule has 0 radical (unpaired) electrons. The first-order valence-corrected chi connectivity index (χ1v) is 14.6. The Morgan fingerprint density at radius 2 is 1.49 bits per heavy atom. The second kappa shape index (κ2) is 14.6. The lowest BCUT2D eigenvalue weighted by molar-refractivity contribution is 0.276. The summed E-state index contributed by atoms with van der Waals surface area (Å²) in [6, 6.07) is 18.8. The molecule has 1 aliphatic heterocycles. The highest BCUT2D eigenvalue weighted by Gasteiger charge is 2.13. The first-order valence-electron chi connectivity index (χ1n) is 12.2. The van der Waals surface area contributed by atoms with Gasteiger partial charge in [-0.3, -0.25) is 4.99 Å². The Balaban J connectivity index is 0.000000156. The SMILES string of the molecule is COc1cc(Br)cc2c1C=NC2.COc1cc(Br)cc2c1cnn2-c1cccc(CO)n1.OCc1cccc(Br)n1. The average molecular weight is 748 g/mol. The lowest BCUT2D eigenvalue weighted by atomic mass is 10.1. The highest BCUT2D eigenvalue weighted by molar-refractivity contribution is 9.11. The average Bonchev–Trinajstić information content (AvgIpc) is 3.64.